The Hall–Kier alpha value is -2.67. The lowest BCUT2D eigenvalue weighted by Gasteiger charge is -2.00. The van der Waals surface area contributed by atoms with Gasteiger partial charge in [0.15, 0.2) is 5.69 Å². The summed E-state index contributed by atoms with van der Waals surface area (Å²) >= 11 is 1.74. The zero-order chi connectivity index (χ0) is 17.2. The highest BCUT2D eigenvalue weighted by molar-refractivity contribution is 7.14. The summed E-state index contributed by atoms with van der Waals surface area (Å²) in [6.45, 7) is 2.02. The molecule has 1 saturated heterocycles. The molecular formula is C18H22N6S+2. The van der Waals surface area contributed by atoms with Crippen LogP contribution in [0.25, 0.3) is 16.2 Å². The summed E-state index contributed by atoms with van der Waals surface area (Å²) in [6.07, 6.45) is 8.43. The average molecular weight is 354 g/mol. The van der Waals surface area contributed by atoms with Gasteiger partial charge in [0.2, 0.25) is 0 Å². The van der Waals surface area contributed by atoms with Gasteiger partial charge in [-0.3, -0.25) is 10.3 Å². The fourth-order valence-corrected chi connectivity index (χ4v) is 3.97. The molecule has 7 heteroatoms. The minimum absolute atomic E-state index is 0.631. The van der Waals surface area contributed by atoms with E-state index in [2.05, 4.69) is 73.2 Å². The van der Waals surface area contributed by atoms with Crippen LogP contribution in [0.5, 0.6) is 0 Å². The highest BCUT2D eigenvalue weighted by atomic mass is 32.1. The third kappa shape index (κ3) is 3.15. The molecule has 0 saturated carbocycles. The summed E-state index contributed by atoms with van der Waals surface area (Å²) in [6, 6.07) is 8.37. The van der Waals surface area contributed by atoms with Crippen LogP contribution in [0.1, 0.15) is 18.4 Å². The van der Waals surface area contributed by atoms with E-state index in [0.29, 0.717) is 5.96 Å². The smallest absolute Gasteiger partial charge is 0.289 e. The predicted molar refractivity (Wildman–Crippen MR) is 101 cm³/mol. The standard InChI is InChI=1S/C18H21N6S/c1-22-16(13-24-10-11-25-18(22)24)15-6-4-14(5-7-15)12-20-21-17(19)23-8-2-3-9-23/h4-7,10-13H,2-3,8-9H2,1H3,(H2,19,21)/q+1/p+1/b20-12-. The molecule has 1 fully saturated rings. The second-order valence-corrected chi connectivity index (χ2v) is 7.11. The number of nitrogens with two attached hydrogens (primary N) is 1. The van der Waals surface area contributed by atoms with Gasteiger partial charge in [0.25, 0.3) is 0 Å². The first-order chi connectivity index (χ1) is 12.2. The van der Waals surface area contributed by atoms with Gasteiger partial charge in [-0.2, -0.15) is 9.83 Å². The number of hydrogen-bond acceptors (Lipinski definition) is 2. The maximum Gasteiger partial charge on any atom is 0.367 e. The Morgan fingerprint density at radius 3 is 2.76 bits per heavy atom. The summed E-state index contributed by atoms with van der Waals surface area (Å²) in [5.74, 6) is 0.631. The van der Waals surface area contributed by atoms with E-state index in [1.807, 2.05) is 0 Å². The van der Waals surface area contributed by atoms with Crippen LogP contribution in [0.2, 0.25) is 0 Å². The van der Waals surface area contributed by atoms with Gasteiger partial charge in [0, 0.05) is 10.9 Å². The number of aromatic nitrogens is 2. The van der Waals surface area contributed by atoms with Crippen LogP contribution in [0.15, 0.2) is 47.1 Å². The Morgan fingerprint density at radius 1 is 1.28 bits per heavy atom. The van der Waals surface area contributed by atoms with Crippen LogP contribution in [0, 0.1) is 0 Å². The number of fused-ring (bicyclic) bond motifs is 1. The number of imidazole rings is 1. The second kappa shape index (κ2) is 6.68. The van der Waals surface area contributed by atoms with Crippen molar-refractivity contribution in [2.75, 3.05) is 13.1 Å². The van der Waals surface area contributed by atoms with Gasteiger partial charge < -0.3 is 0 Å². The molecule has 128 valence electrons. The minimum Gasteiger partial charge on any atom is -0.289 e. The van der Waals surface area contributed by atoms with E-state index in [9.17, 15) is 0 Å². The Bertz CT molecular complexity index is 940. The van der Waals surface area contributed by atoms with Crippen LogP contribution in [0.3, 0.4) is 0 Å². The molecule has 3 N–H and O–H groups in total. The number of benzene rings is 1. The van der Waals surface area contributed by atoms with Crippen molar-refractivity contribution in [2.45, 2.75) is 12.8 Å². The Balaban J connectivity index is 1.48. The molecule has 0 aliphatic carbocycles. The molecule has 2 aromatic heterocycles. The van der Waals surface area contributed by atoms with E-state index in [0.717, 1.165) is 18.7 Å². The van der Waals surface area contributed by atoms with Gasteiger partial charge in [-0.25, -0.2) is 4.57 Å². The molecule has 0 bridgehead atoms. The van der Waals surface area contributed by atoms with Gasteiger partial charge in [0.05, 0.1) is 26.4 Å². The number of aryl methyl sites for hydroxylation is 1. The number of nitrogens with zero attached hydrogens (tertiary/aromatic N) is 4. The lowest BCUT2D eigenvalue weighted by molar-refractivity contribution is -0.509. The molecule has 1 aliphatic heterocycles. The monoisotopic (exact) mass is 354 g/mol. The van der Waals surface area contributed by atoms with Gasteiger partial charge in [-0.1, -0.05) is 23.5 Å². The number of thiazole rings is 1. The summed E-state index contributed by atoms with van der Waals surface area (Å²) in [5.41, 5.74) is 12.3. The first-order valence-electron chi connectivity index (χ1n) is 8.43. The SMILES string of the molecule is Cn1c(-c2ccc(/C=N\NC(N)=[N+]3CCCC3)cc2)c[n+]2ccsc12. The summed E-state index contributed by atoms with van der Waals surface area (Å²) < 4.78 is 6.48. The number of hydrazone groups is 1. The lowest BCUT2D eigenvalue weighted by atomic mass is 10.1. The van der Waals surface area contributed by atoms with Crippen LogP contribution < -0.4 is 15.6 Å². The highest BCUT2D eigenvalue weighted by Gasteiger charge is 2.16. The van der Waals surface area contributed by atoms with E-state index >= 15 is 0 Å². The molecule has 0 radical (unpaired) electrons. The van der Waals surface area contributed by atoms with Gasteiger partial charge >= 0.3 is 10.9 Å². The third-order valence-electron chi connectivity index (χ3n) is 4.57. The van der Waals surface area contributed by atoms with Gasteiger partial charge in [0.1, 0.15) is 12.4 Å². The molecule has 3 heterocycles. The third-order valence-corrected chi connectivity index (χ3v) is 5.52. The van der Waals surface area contributed by atoms with E-state index in [4.69, 9.17) is 5.73 Å². The van der Waals surface area contributed by atoms with Crippen LogP contribution in [0.4, 0.5) is 0 Å². The Labute approximate surface area is 150 Å². The first-order valence-corrected chi connectivity index (χ1v) is 9.31. The molecule has 0 unspecified atom stereocenters. The molecule has 25 heavy (non-hydrogen) atoms. The van der Waals surface area contributed by atoms with Crippen LogP contribution >= 0.6 is 11.3 Å². The van der Waals surface area contributed by atoms with Crippen molar-refractivity contribution in [1.29, 1.82) is 0 Å². The van der Waals surface area contributed by atoms with E-state index < -0.39 is 0 Å². The molecule has 6 nitrogen and oxygen atoms in total. The van der Waals surface area contributed by atoms with Crippen molar-refractivity contribution in [3.05, 3.63) is 47.6 Å². The molecule has 0 spiro atoms. The molecule has 3 aromatic rings. The highest BCUT2D eigenvalue weighted by Crippen LogP contribution is 2.21. The first kappa shape index (κ1) is 15.8. The normalized spacial score (nSPS) is 14.7. The van der Waals surface area contributed by atoms with Crippen molar-refractivity contribution in [3.8, 4) is 11.3 Å². The fourth-order valence-electron chi connectivity index (χ4n) is 3.16. The van der Waals surface area contributed by atoms with Gasteiger partial charge in [-0.15, -0.1) is 5.10 Å². The summed E-state index contributed by atoms with van der Waals surface area (Å²) in [7, 11) is 2.09. The lowest BCUT2D eigenvalue weighted by Crippen LogP contribution is -2.37. The zero-order valence-electron chi connectivity index (χ0n) is 14.2. The summed E-state index contributed by atoms with van der Waals surface area (Å²) in [5, 5.41) is 6.34. The van der Waals surface area contributed by atoms with E-state index in [-0.39, 0.29) is 0 Å². The van der Waals surface area contributed by atoms with Crippen molar-refractivity contribution in [2.24, 2.45) is 17.9 Å². The average Bonchev–Trinajstić information content (AvgIpc) is 3.35. The van der Waals surface area contributed by atoms with Crippen molar-refractivity contribution in [3.63, 3.8) is 0 Å². The zero-order valence-corrected chi connectivity index (χ0v) is 15.0. The van der Waals surface area contributed by atoms with Crippen molar-refractivity contribution < 1.29 is 8.98 Å². The molecule has 4 rings (SSSR count). The van der Waals surface area contributed by atoms with Crippen molar-refractivity contribution in [1.82, 2.24) is 9.99 Å². The molecule has 0 amide bonds. The molecule has 1 aromatic carbocycles. The maximum absolute atomic E-state index is 6.00. The Morgan fingerprint density at radius 2 is 2.04 bits per heavy atom. The second-order valence-electron chi connectivity index (χ2n) is 6.24. The number of rotatable bonds is 3. The number of guanidine groups is 1. The topological polar surface area (TPSA) is 62.5 Å². The van der Waals surface area contributed by atoms with E-state index in [1.54, 1.807) is 17.6 Å². The largest absolute Gasteiger partial charge is 0.367 e. The maximum atomic E-state index is 6.00. The van der Waals surface area contributed by atoms with Crippen molar-refractivity contribution >= 4 is 28.5 Å². The molecule has 1 aliphatic rings. The van der Waals surface area contributed by atoms with Crippen LogP contribution in [-0.4, -0.2) is 34.4 Å². The fraction of sp³-hybridized carbons (Fsp3) is 0.278. The quantitative estimate of drug-likeness (QED) is 0.324. The molecule has 0 atom stereocenters. The number of hydrogen-bond donors (Lipinski definition) is 2. The molecular weight excluding hydrogens is 332 g/mol. The summed E-state index contributed by atoms with van der Waals surface area (Å²) in [4.78, 5) is 1.22. The van der Waals surface area contributed by atoms with Gasteiger partial charge in [-0.05, 0) is 30.5 Å². The minimum atomic E-state index is 0.631. The predicted octanol–water partition coefficient (Wildman–Crippen LogP) is 1.54. The van der Waals surface area contributed by atoms with Crippen LogP contribution in [-0.2, 0) is 7.05 Å². The van der Waals surface area contributed by atoms with E-state index in [1.165, 1.54) is 29.1 Å². The Kier molecular flexibility index (Phi) is 4.23. The number of nitrogens with one attached hydrogen (secondary N) is 1.